The van der Waals surface area contributed by atoms with E-state index in [4.69, 9.17) is 4.74 Å². The molecule has 0 aromatic rings. The smallest absolute Gasteiger partial charge is 0.363 e. The SMILES string of the molecule is CCC(CC)C1CNCC(C(F)(F)F)O1. The molecule has 0 spiro atoms. The number of alkyl halides is 3. The number of rotatable bonds is 3. The molecule has 0 aromatic heterocycles. The maximum atomic E-state index is 12.4. The molecule has 0 amide bonds. The molecule has 0 aliphatic carbocycles. The molecule has 15 heavy (non-hydrogen) atoms. The van der Waals surface area contributed by atoms with Crippen LogP contribution in [0.2, 0.25) is 0 Å². The lowest BCUT2D eigenvalue weighted by Crippen LogP contribution is -2.53. The maximum Gasteiger partial charge on any atom is 0.415 e. The number of nitrogens with one attached hydrogen (secondary N) is 1. The second kappa shape index (κ2) is 5.16. The summed E-state index contributed by atoms with van der Waals surface area (Å²) >= 11 is 0. The molecule has 2 unspecified atom stereocenters. The van der Waals surface area contributed by atoms with Crippen molar-refractivity contribution in [1.29, 1.82) is 0 Å². The summed E-state index contributed by atoms with van der Waals surface area (Å²) in [6.45, 7) is 4.36. The Morgan fingerprint density at radius 2 is 1.87 bits per heavy atom. The summed E-state index contributed by atoms with van der Waals surface area (Å²) in [6, 6.07) is 0. The molecule has 1 N–H and O–H groups in total. The third kappa shape index (κ3) is 3.34. The van der Waals surface area contributed by atoms with E-state index in [0.717, 1.165) is 12.8 Å². The zero-order valence-electron chi connectivity index (χ0n) is 9.10. The summed E-state index contributed by atoms with van der Waals surface area (Å²) in [5.74, 6) is 0.211. The predicted octanol–water partition coefficient (Wildman–Crippen LogP) is 2.34. The summed E-state index contributed by atoms with van der Waals surface area (Å²) in [6.07, 6.45) is -4.49. The van der Waals surface area contributed by atoms with E-state index in [1.54, 1.807) is 0 Å². The Hall–Kier alpha value is -0.290. The van der Waals surface area contributed by atoms with Gasteiger partial charge in [-0.1, -0.05) is 26.7 Å². The highest BCUT2D eigenvalue weighted by Gasteiger charge is 2.44. The Balaban J connectivity index is 2.55. The highest BCUT2D eigenvalue weighted by molar-refractivity contribution is 4.82. The number of hydrogen-bond donors (Lipinski definition) is 1. The molecule has 90 valence electrons. The van der Waals surface area contributed by atoms with E-state index in [1.807, 2.05) is 13.8 Å². The van der Waals surface area contributed by atoms with Gasteiger partial charge in [-0.05, 0) is 5.92 Å². The lowest BCUT2D eigenvalue weighted by atomic mass is 9.95. The second-order valence-electron chi connectivity index (χ2n) is 3.94. The minimum absolute atomic E-state index is 0.125. The van der Waals surface area contributed by atoms with Gasteiger partial charge in [0.25, 0.3) is 0 Å². The third-order valence-electron chi connectivity index (χ3n) is 2.95. The largest absolute Gasteiger partial charge is 0.415 e. The first kappa shape index (κ1) is 12.8. The molecule has 0 aromatic carbocycles. The van der Waals surface area contributed by atoms with E-state index < -0.39 is 12.3 Å². The van der Waals surface area contributed by atoms with Gasteiger partial charge in [0.05, 0.1) is 6.10 Å². The fraction of sp³-hybridized carbons (Fsp3) is 1.00. The summed E-state index contributed by atoms with van der Waals surface area (Å²) in [5.41, 5.74) is 0. The van der Waals surface area contributed by atoms with Crippen LogP contribution >= 0.6 is 0 Å². The van der Waals surface area contributed by atoms with E-state index >= 15 is 0 Å². The first-order valence-corrected chi connectivity index (χ1v) is 5.41. The number of ether oxygens (including phenoxy) is 1. The molecule has 5 heteroatoms. The van der Waals surface area contributed by atoms with Gasteiger partial charge in [-0.3, -0.25) is 0 Å². The lowest BCUT2D eigenvalue weighted by molar-refractivity contribution is -0.245. The van der Waals surface area contributed by atoms with E-state index in [-0.39, 0.29) is 18.6 Å². The lowest BCUT2D eigenvalue weighted by Gasteiger charge is -2.35. The van der Waals surface area contributed by atoms with Crippen LogP contribution in [0.4, 0.5) is 13.2 Å². The van der Waals surface area contributed by atoms with Gasteiger partial charge < -0.3 is 10.1 Å². The van der Waals surface area contributed by atoms with Gasteiger partial charge in [-0.2, -0.15) is 13.2 Å². The van der Waals surface area contributed by atoms with E-state index in [1.165, 1.54) is 0 Å². The molecule has 0 saturated carbocycles. The highest BCUT2D eigenvalue weighted by Crippen LogP contribution is 2.28. The van der Waals surface area contributed by atoms with Crippen molar-refractivity contribution < 1.29 is 17.9 Å². The van der Waals surface area contributed by atoms with Crippen LogP contribution in [0.25, 0.3) is 0 Å². The van der Waals surface area contributed by atoms with Crippen molar-refractivity contribution >= 4 is 0 Å². The quantitative estimate of drug-likeness (QED) is 0.796. The summed E-state index contributed by atoms with van der Waals surface area (Å²) in [7, 11) is 0. The molecule has 2 atom stereocenters. The number of halogens is 3. The van der Waals surface area contributed by atoms with E-state index in [0.29, 0.717) is 6.54 Å². The molecule has 1 rings (SSSR count). The molecule has 0 radical (unpaired) electrons. The Kier molecular flexibility index (Phi) is 4.40. The van der Waals surface area contributed by atoms with Crippen molar-refractivity contribution in [2.45, 2.75) is 45.1 Å². The standard InChI is InChI=1S/C10H18F3NO/c1-3-7(4-2)8-5-14-6-9(15-8)10(11,12)13/h7-9,14H,3-6H2,1-2H3. The van der Waals surface area contributed by atoms with Crippen LogP contribution in [0.3, 0.4) is 0 Å². The van der Waals surface area contributed by atoms with Crippen LogP contribution < -0.4 is 5.32 Å². The van der Waals surface area contributed by atoms with Crippen molar-refractivity contribution in [3.8, 4) is 0 Å². The maximum absolute atomic E-state index is 12.4. The van der Waals surface area contributed by atoms with Gasteiger partial charge in [0.2, 0.25) is 0 Å². The van der Waals surface area contributed by atoms with Gasteiger partial charge in [-0.25, -0.2) is 0 Å². The van der Waals surface area contributed by atoms with Gasteiger partial charge in [-0.15, -0.1) is 0 Å². The van der Waals surface area contributed by atoms with Crippen molar-refractivity contribution in [3.63, 3.8) is 0 Å². The zero-order valence-corrected chi connectivity index (χ0v) is 9.10. The van der Waals surface area contributed by atoms with Crippen molar-refractivity contribution in [3.05, 3.63) is 0 Å². The van der Waals surface area contributed by atoms with Crippen molar-refractivity contribution in [2.75, 3.05) is 13.1 Å². The average molecular weight is 225 g/mol. The van der Waals surface area contributed by atoms with Gasteiger partial charge >= 0.3 is 6.18 Å². The summed E-state index contributed by atoms with van der Waals surface area (Å²) in [5, 5.41) is 2.80. The van der Waals surface area contributed by atoms with Crippen molar-refractivity contribution in [2.24, 2.45) is 5.92 Å². The monoisotopic (exact) mass is 225 g/mol. The Labute approximate surface area is 88.2 Å². The minimum Gasteiger partial charge on any atom is -0.363 e. The molecule has 1 heterocycles. The second-order valence-corrected chi connectivity index (χ2v) is 3.94. The van der Waals surface area contributed by atoms with Crippen molar-refractivity contribution in [1.82, 2.24) is 5.32 Å². The molecule has 1 aliphatic heterocycles. The summed E-state index contributed by atoms with van der Waals surface area (Å²) in [4.78, 5) is 0. The summed E-state index contributed by atoms with van der Waals surface area (Å²) < 4.78 is 42.4. The minimum atomic E-state index is -4.25. The Bertz CT molecular complexity index is 192. The Morgan fingerprint density at radius 1 is 1.27 bits per heavy atom. The van der Waals surface area contributed by atoms with Gasteiger partial charge in [0.1, 0.15) is 0 Å². The third-order valence-corrected chi connectivity index (χ3v) is 2.95. The average Bonchev–Trinajstić information content (AvgIpc) is 2.19. The zero-order chi connectivity index (χ0) is 11.5. The molecular formula is C10H18F3NO. The molecule has 1 saturated heterocycles. The van der Waals surface area contributed by atoms with Crippen LogP contribution in [0.15, 0.2) is 0 Å². The first-order chi connectivity index (χ1) is 6.99. The van der Waals surface area contributed by atoms with E-state index in [9.17, 15) is 13.2 Å². The van der Waals surface area contributed by atoms with Crippen LogP contribution in [0.5, 0.6) is 0 Å². The molecule has 1 aliphatic rings. The Morgan fingerprint density at radius 3 is 2.33 bits per heavy atom. The number of morpholine rings is 1. The van der Waals surface area contributed by atoms with Crippen LogP contribution in [0, 0.1) is 5.92 Å². The first-order valence-electron chi connectivity index (χ1n) is 5.41. The molecule has 2 nitrogen and oxygen atoms in total. The predicted molar refractivity (Wildman–Crippen MR) is 51.7 cm³/mol. The normalized spacial score (nSPS) is 28.4. The van der Waals surface area contributed by atoms with Crippen LogP contribution in [0.1, 0.15) is 26.7 Å². The van der Waals surface area contributed by atoms with Gasteiger partial charge in [0.15, 0.2) is 6.10 Å². The fourth-order valence-corrected chi connectivity index (χ4v) is 1.95. The fourth-order valence-electron chi connectivity index (χ4n) is 1.95. The molecular weight excluding hydrogens is 207 g/mol. The number of hydrogen-bond acceptors (Lipinski definition) is 2. The van der Waals surface area contributed by atoms with Crippen LogP contribution in [-0.2, 0) is 4.74 Å². The van der Waals surface area contributed by atoms with Gasteiger partial charge in [0, 0.05) is 13.1 Å². The molecule has 1 fully saturated rings. The molecule has 0 bridgehead atoms. The van der Waals surface area contributed by atoms with Crippen LogP contribution in [-0.4, -0.2) is 31.5 Å². The van der Waals surface area contributed by atoms with E-state index in [2.05, 4.69) is 5.32 Å². The highest BCUT2D eigenvalue weighted by atomic mass is 19.4. The topological polar surface area (TPSA) is 21.3 Å².